The maximum Gasteiger partial charge on any atom is 0.0327 e. The van der Waals surface area contributed by atoms with Gasteiger partial charge in [-0.15, -0.1) is 11.6 Å². The van der Waals surface area contributed by atoms with E-state index >= 15 is 0 Å². The lowest BCUT2D eigenvalue weighted by molar-refractivity contribution is 0.780. The summed E-state index contributed by atoms with van der Waals surface area (Å²) in [5.74, 6) is 1.86. The molecule has 0 bridgehead atoms. The van der Waals surface area contributed by atoms with Crippen LogP contribution in [-0.4, -0.2) is 18.2 Å². The minimum absolute atomic E-state index is 0.778. The van der Waals surface area contributed by atoms with E-state index < -0.39 is 0 Å². The molecule has 0 spiro atoms. The van der Waals surface area contributed by atoms with Gasteiger partial charge in [0.25, 0.3) is 0 Å². The van der Waals surface area contributed by atoms with E-state index in [1.165, 1.54) is 24.8 Å². The third-order valence-electron chi connectivity index (χ3n) is 2.08. The molecular formula is C11H18ClNS. The Hall–Kier alpha value is 0.0800. The molecule has 1 nitrogen and oxygen atoms in total. The van der Waals surface area contributed by atoms with E-state index in [1.54, 1.807) is 11.9 Å². The van der Waals surface area contributed by atoms with Gasteiger partial charge in [0.1, 0.15) is 0 Å². The van der Waals surface area contributed by atoms with Crippen LogP contribution in [0.2, 0.25) is 0 Å². The molecule has 0 aromatic rings. The number of rotatable bonds is 7. The molecule has 0 aromatic carbocycles. The van der Waals surface area contributed by atoms with Crippen molar-refractivity contribution in [3.8, 4) is 0 Å². The molecule has 1 aliphatic rings. The van der Waals surface area contributed by atoms with Gasteiger partial charge in [0.15, 0.2) is 0 Å². The highest BCUT2D eigenvalue weighted by molar-refractivity contribution is 7.97. The van der Waals surface area contributed by atoms with Crippen LogP contribution in [0.4, 0.5) is 0 Å². The van der Waals surface area contributed by atoms with E-state index in [0.29, 0.717) is 0 Å². The van der Waals surface area contributed by atoms with Crippen molar-refractivity contribution < 1.29 is 0 Å². The second-order valence-corrected chi connectivity index (χ2v) is 4.58. The van der Waals surface area contributed by atoms with Gasteiger partial charge in [0.2, 0.25) is 0 Å². The average molecular weight is 232 g/mol. The zero-order chi connectivity index (χ0) is 10.1. The molecule has 1 rings (SSSR count). The fraction of sp³-hybridized carbons (Fsp3) is 0.636. The molecule has 14 heavy (non-hydrogen) atoms. The number of halogens is 1. The Kier molecular flexibility index (Phi) is 7.28. The zero-order valence-electron chi connectivity index (χ0n) is 8.47. The Morgan fingerprint density at radius 2 is 2.29 bits per heavy atom. The van der Waals surface area contributed by atoms with Crippen LogP contribution in [0.25, 0.3) is 0 Å². The molecule has 80 valence electrons. The third-order valence-corrected chi connectivity index (χ3v) is 3.23. The highest BCUT2D eigenvalue weighted by Gasteiger charge is 1.97. The highest BCUT2D eigenvalue weighted by Crippen LogP contribution is 2.13. The third kappa shape index (κ3) is 5.74. The summed E-state index contributed by atoms with van der Waals surface area (Å²) < 4.78 is 3.35. The number of alkyl halides is 1. The van der Waals surface area contributed by atoms with Gasteiger partial charge in [0.05, 0.1) is 0 Å². The SMILES string of the molecule is ClCCCCNSCC1=CCCC=C1. The first-order chi connectivity index (χ1) is 6.93. The van der Waals surface area contributed by atoms with Crippen molar-refractivity contribution in [2.24, 2.45) is 0 Å². The Morgan fingerprint density at radius 1 is 1.36 bits per heavy atom. The first-order valence-electron chi connectivity index (χ1n) is 5.19. The van der Waals surface area contributed by atoms with Gasteiger partial charge < -0.3 is 0 Å². The summed E-state index contributed by atoms with van der Waals surface area (Å²) in [5.41, 5.74) is 1.45. The van der Waals surface area contributed by atoms with Crippen molar-refractivity contribution in [3.05, 3.63) is 23.8 Å². The minimum atomic E-state index is 0.778. The second kappa shape index (κ2) is 8.39. The molecule has 0 radical (unpaired) electrons. The first kappa shape index (κ1) is 12.2. The van der Waals surface area contributed by atoms with Crippen LogP contribution in [0.5, 0.6) is 0 Å². The molecule has 0 heterocycles. The monoisotopic (exact) mass is 231 g/mol. The maximum atomic E-state index is 5.58. The van der Waals surface area contributed by atoms with Crippen LogP contribution in [0.3, 0.4) is 0 Å². The quantitative estimate of drug-likeness (QED) is 0.409. The molecule has 1 aliphatic carbocycles. The molecular weight excluding hydrogens is 214 g/mol. The van der Waals surface area contributed by atoms with Crippen molar-refractivity contribution in [2.45, 2.75) is 25.7 Å². The number of unbranched alkanes of at least 4 members (excludes halogenated alkanes) is 1. The van der Waals surface area contributed by atoms with Crippen LogP contribution < -0.4 is 4.72 Å². The van der Waals surface area contributed by atoms with Crippen molar-refractivity contribution >= 4 is 23.5 Å². The van der Waals surface area contributed by atoms with Crippen LogP contribution >= 0.6 is 23.5 Å². The predicted octanol–water partition coefficient (Wildman–Crippen LogP) is 3.52. The smallest absolute Gasteiger partial charge is 0.0327 e. The van der Waals surface area contributed by atoms with Gasteiger partial charge in [-0.05, 0) is 31.3 Å². The summed E-state index contributed by atoms with van der Waals surface area (Å²) in [6, 6.07) is 0. The molecule has 0 saturated heterocycles. The van der Waals surface area contributed by atoms with E-state index in [0.717, 1.165) is 24.6 Å². The second-order valence-electron chi connectivity index (χ2n) is 3.34. The average Bonchev–Trinajstić information content (AvgIpc) is 2.25. The molecule has 0 amide bonds. The van der Waals surface area contributed by atoms with Gasteiger partial charge in [0, 0.05) is 18.2 Å². The van der Waals surface area contributed by atoms with Crippen LogP contribution in [0, 0.1) is 0 Å². The van der Waals surface area contributed by atoms with Gasteiger partial charge >= 0.3 is 0 Å². The fourth-order valence-corrected chi connectivity index (χ4v) is 2.23. The van der Waals surface area contributed by atoms with Gasteiger partial charge in [-0.3, -0.25) is 4.72 Å². The van der Waals surface area contributed by atoms with E-state index in [-0.39, 0.29) is 0 Å². The lowest BCUT2D eigenvalue weighted by Gasteiger charge is -2.07. The number of nitrogens with one attached hydrogen (secondary N) is 1. The maximum absolute atomic E-state index is 5.58. The normalized spacial score (nSPS) is 15.6. The molecule has 0 saturated carbocycles. The predicted molar refractivity (Wildman–Crippen MR) is 66.9 cm³/mol. The fourth-order valence-electron chi connectivity index (χ4n) is 1.27. The first-order valence-corrected chi connectivity index (χ1v) is 6.71. The summed E-state index contributed by atoms with van der Waals surface area (Å²) in [5, 5.41) is 0. The lowest BCUT2D eigenvalue weighted by atomic mass is 10.1. The van der Waals surface area contributed by atoms with Gasteiger partial charge in [-0.1, -0.05) is 30.2 Å². The minimum Gasteiger partial charge on any atom is -0.264 e. The van der Waals surface area contributed by atoms with E-state index in [4.69, 9.17) is 11.6 Å². The molecule has 3 heteroatoms. The number of hydrogen-bond donors (Lipinski definition) is 1. The van der Waals surface area contributed by atoms with Crippen LogP contribution in [-0.2, 0) is 0 Å². The molecule has 0 atom stereocenters. The Bertz CT molecular complexity index is 201. The van der Waals surface area contributed by atoms with Crippen molar-refractivity contribution in [1.29, 1.82) is 0 Å². The zero-order valence-corrected chi connectivity index (χ0v) is 10.0. The van der Waals surface area contributed by atoms with E-state index in [1.807, 2.05) is 0 Å². The van der Waals surface area contributed by atoms with Crippen molar-refractivity contribution in [3.63, 3.8) is 0 Å². The Labute approximate surface area is 96.1 Å². The Morgan fingerprint density at radius 3 is 3.00 bits per heavy atom. The Balaban J connectivity index is 1.93. The summed E-state index contributed by atoms with van der Waals surface area (Å²) in [4.78, 5) is 0. The summed E-state index contributed by atoms with van der Waals surface area (Å²) in [6.07, 6.45) is 11.5. The summed E-state index contributed by atoms with van der Waals surface area (Å²) in [7, 11) is 0. The number of hydrogen-bond acceptors (Lipinski definition) is 2. The topological polar surface area (TPSA) is 12.0 Å². The van der Waals surface area contributed by atoms with E-state index in [2.05, 4.69) is 23.0 Å². The lowest BCUT2D eigenvalue weighted by Crippen LogP contribution is -2.07. The molecule has 0 aliphatic heterocycles. The largest absolute Gasteiger partial charge is 0.264 e. The highest BCUT2D eigenvalue weighted by atomic mass is 35.5. The molecule has 0 unspecified atom stereocenters. The molecule has 0 fully saturated rings. The van der Waals surface area contributed by atoms with Crippen molar-refractivity contribution in [2.75, 3.05) is 18.2 Å². The van der Waals surface area contributed by atoms with Gasteiger partial charge in [-0.25, -0.2) is 0 Å². The summed E-state index contributed by atoms with van der Waals surface area (Å²) in [6.45, 7) is 1.06. The standard InChI is InChI=1S/C11H18ClNS/c12-8-4-5-9-13-14-10-11-6-2-1-3-7-11/h2,6-7,13H,1,3-5,8-10H2. The molecule has 0 aromatic heterocycles. The summed E-state index contributed by atoms with van der Waals surface area (Å²) >= 11 is 7.38. The van der Waals surface area contributed by atoms with Gasteiger partial charge in [-0.2, -0.15) is 0 Å². The molecule has 1 N–H and O–H groups in total. The van der Waals surface area contributed by atoms with E-state index in [9.17, 15) is 0 Å². The van der Waals surface area contributed by atoms with Crippen molar-refractivity contribution in [1.82, 2.24) is 4.72 Å². The number of allylic oxidation sites excluding steroid dienone is 3. The van der Waals surface area contributed by atoms with Crippen LogP contribution in [0.15, 0.2) is 23.8 Å². The van der Waals surface area contributed by atoms with Crippen LogP contribution in [0.1, 0.15) is 25.7 Å².